The van der Waals surface area contributed by atoms with Crippen LogP contribution in [0, 0.1) is 0 Å². The summed E-state index contributed by atoms with van der Waals surface area (Å²) in [7, 11) is -1.72. The fourth-order valence-corrected chi connectivity index (χ4v) is 3.49. The lowest BCUT2D eigenvalue weighted by molar-refractivity contribution is -0.137. The Kier molecular flexibility index (Phi) is 4.98. The largest absolute Gasteiger partial charge is 0.416 e. The van der Waals surface area contributed by atoms with Gasteiger partial charge >= 0.3 is 6.18 Å². The minimum Gasteiger partial charge on any atom is -0.382 e. The quantitative estimate of drug-likeness (QED) is 0.796. The maximum atomic E-state index is 12.8. The van der Waals surface area contributed by atoms with Crippen LogP contribution in [0.3, 0.4) is 0 Å². The summed E-state index contributed by atoms with van der Waals surface area (Å²) in [6.45, 7) is 1.18. The summed E-state index contributed by atoms with van der Waals surface area (Å²) >= 11 is 11.9. The summed E-state index contributed by atoms with van der Waals surface area (Å²) in [4.78, 5) is 11.9. The number of nitrogens with two attached hydrogens (primary N) is 1. The number of aromatic nitrogens is 2. The van der Waals surface area contributed by atoms with Crippen molar-refractivity contribution in [2.75, 3.05) is 12.0 Å². The molecule has 1 atom stereocenters. The van der Waals surface area contributed by atoms with Gasteiger partial charge < -0.3 is 5.73 Å². The molecule has 0 aliphatic heterocycles. The zero-order chi connectivity index (χ0) is 18.4. The standard InChI is InChI=1S/C13H10Cl2F3N3O2S/c1-5(22)11-10(12(19)20-21(11)24(2)23)9-7(14)3-6(4-8(9)15)13(16,17)18/h3-4H,1-2H3,(H2,19,20). The number of benzene rings is 1. The van der Waals surface area contributed by atoms with Crippen LogP contribution in [-0.4, -0.2) is 25.4 Å². The molecule has 2 rings (SSSR count). The monoisotopic (exact) mass is 399 g/mol. The number of nitrogens with zero attached hydrogens (tertiary/aromatic N) is 2. The molecule has 0 spiro atoms. The van der Waals surface area contributed by atoms with Crippen molar-refractivity contribution in [3.8, 4) is 11.1 Å². The fraction of sp³-hybridized carbons (Fsp3) is 0.231. The average molecular weight is 400 g/mol. The number of carbonyl (C=O) groups is 1. The summed E-state index contributed by atoms with van der Waals surface area (Å²) in [6, 6.07) is 1.35. The minimum absolute atomic E-state index is 0.0542. The number of nitrogen functional groups attached to an aromatic ring is 1. The number of halogens is 5. The third-order valence-corrected chi connectivity index (χ3v) is 4.43. The fourth-order valence-electron chi connectivity index (χ4n) is 2.13. The highest BCUT2D eigenvalue weighted by Gasteiger charge is 2.33. The van der Waals surface area contributed by atoms with Crippen LogP contribution >= 0.6 is 23.2 Å². The third kappa shape index (κ3) is 3.28. The van der Waals surface area contributed by atoms with E-state index in [1.54, 1.807) is 0 Å². The van der Waals surface area contributed by atoms with Gasteiger partial charge in [0.1, 0.15) is 16.7 Å². The van der Waals surface area contributed by atoms with E-state index in [4.69, 9.17) is 28.9 Å². The Morgan fingerprint density at radius 3 is 2.12 bits per heavy atom. The number of ketones is 1. The van der Waals surface area contributed by atoms with E-state index in [0.717, 1.165) is 4.09 Å². The van der Waals surface area contributed by atoms with Crippen LogP contribution in [0.15, 0.2) is 12.1 Å². The van der Waals surface area contributed by atoms with E-state index in [-0.39, 0.29) is 32.7 Å². The first kappa shape index (κ1) is 18.8. The molecule has 0 fully saturated rings. The molecule has 0 saturated heterocycles. The van der Waals surface area contributed by atoms with Gasteiger partial charge in [-0.3, -0.25) is 4.79 Å². The summed E-state index contributed by atoms with van der Waals surface area (Å²) in [5, 5.41) is 3.08. The second kappa shape index (κ2) is 6.38. The Balaban J connectivity index is 2.83. The molecule has 0 amide bonds. The van der Waals surface area contributed by atoms with Crippen LogP contribution in [0.5, 0.6) is 0 Å². The average Bonchev–Trinajstić information content (AvgIpc) is 2.75. The van der Waals surface area contributed by atoms with Crippen LogP contribution in [0.2, 0.25) is 10.0 Å². The molecule has 5 nitrogen and oxygen atoms in total. The lowest BCUT2D eigenvalue weighted by Crippen LogP contribution is -2.12. The predicted octanol–water partition coefficient (Wildman–Crippen LogP) is 3.80. The molecule has 130 valence electrons. The molecular formula is C13H10Cl2F3N3O2S. The van der Waals surface area contributed by atoms with E-state index in [2.05, 4.69) is 5.10 Å². The number of hydrogen-bond donors (Lipinski definition) is 1. The lowest BCUT2D eigenvalue weighted by atomic mass is 10.0. The van der Waals surface area contributed by atoms with Crippen LogP contribution in [0.25, 0.3) is 11.1 Å². The molecular weight excluding hydrogens is 390 g/mol. The number of Topliss-reactive ketones (excluding diaryl/α,β-unsaturated/α-hetero) is 1. The highest BCUT2D eigenvalue weighted by atomic mass is 35.5. The minimum atomic E-state index is -4.64. The second-order valence-corrected chi connectivity index (χ2v) is 6.78. The summed E-state index contributed by atoms with van der Waals surface area (Å²) in [6.07, 6.45) is -3.38. The lowest BCUT2D eigenvalue weighted by Gasteiger charge is -2.13. The first-order chi connectivity index (χ1) is 10.9. The van der Waals surface area contributed by atoms with Crippen LogP contribution in [0.1, 0.15) is 23.0 Å². The van der Waals surface area contributed by atoms with Gasteiger partial charge in [-0.1, -0.05) is 23.2 Å². The molecule has 1 aromatic carbocycles. The van der Waals surface area contributed by atoms with Gasteiger partial charge in [-0.15, -0.1) is 5.10 Å². The number of hydrogen-bond acceptors (Lipinski definition) is 4. The van der Waals surface area contributed by atoms with Crippen LogP contribution in [-0.2, 0) is 17.2 Å². The molecule has 1 aromatic heterocycles. The number of rotatable bonds is 3. The molecule has 11 heteroatoms. The van der Waals surface area contributed by atoms with Crippen LogP contribution in [0.4, 0.5) is 19.0 Å². The maximum absolute atomic E-state index is 12.8. The van der Waals surface area contributed by atoms with Gasteiger partial charge in [-0.25, -0.2) is 4.21 Å². The SMILES string of the molecule is CC(=O)c1c(-c2c(Cl)cc(C(F)(F)F)cc2Cl)c(N)nn1S(C)=O. The van der Waals surface area contributed by atoms with Crippen molar-refractivity contribution < 1.29 is 22.2 Å². The molecule has 2 N–H and O–H groups in total. The van der Waals surface area contributed by atoms with E-state index in [0.29, 0.717) is 12.1 Å². The topological polar surface area (TPSA) is 78.0 Å². The van der Waals surface area contributed by atoms with Crippen molar-refractivity contribution in [3.05, 3.63) is 33.4 Å². The van der Waals surface area contributed by atoms with Gasteiger partial charge in [-0.2, -0.15) is 17.3 Å². The number of carbonyl (C=O) groups excluding carboxylic acids is 1. The van der Waals surface area contributed by atoms with Crippen LogP contribution < -0.4 is 5.73 Å². The van der Waals surface area contributed by atoms with Gasteiger partial charge in [0, 0.05) is 18.7 Å². The van der Waals surface area contributed by atoms with Crippen molar-refractivity contribution in [3.63, 3.8) is 0 Å². The molecule has 24 heavy (non-hydrogen) atoms. The highest BCUT2D eigenvalue weighted by molar-refractivity contribution is 7.82. The van der Waals surface area contributed by atoms with Crippen molar-refractivity contribution in [1.82, 2.24) is 9.19 Å². The zero-order valence-electron chi connectivity index (χ0n) is 12.2. The van der Waals surface area contributed by atoms with Gasteiger partial charge in [0.2, 0.25) is 0 Å². The van der Waals surface area contributed by atoms with Crippen molar-refractivity contribution in [1.29, 1.82) is 0 Å². The first-order valence-electron chi connectivity index (χ1n) is 6.25. The molecule has 1 heterocycles. The Hall–Kier alpha value is -1.58. The first-order valence-corrected chi connectivity index (χ1v) is 8.52. The molecule has 1 unspecified atom stereocenters. The Labute approximate surface area is 147 Å². The molecule has 0 bridgehead atoms. The Morgan fingerprint density at radius 1 is 1.25 bits per heavy atom. The molecule has 0 aliphatic carbocycles. The molecule has 0 aliphatic rings. The van der Waals surface area contributed by atoms with Gasteiger partial charge in [-0.05, 0) is 12.1 Å². The van der Waals surface area contributed by atoms with E-state index >= 15 is 0 Å². The van der Waals surface area contributed by atoms with E-state index < -0.39 is 28.5 Å². The smallest absolute Gasteiger partial charge is 0.382 e. The zero-order valence-corrected chi connectivity index (χ0v) is 14.6. The van der Waals surface area contributed by atoms with E-state index in [1.165, 1.54) is 13.2 Å². The molecule has 0 radical (unpaired) electrons. The predicted molar refractivity (Wildman–Crippen MR) is 86.6 cm³/mol. The summed E-state index contributed by atoms with van der Waals surface area (Å²) in [5.74, 6) is -0.768. The van der Waals surface area contributed by atoms with E-state index in [9.17, 15) is 22.2 Å². The molecule has 2 aromatic rings. The van der Waals surface area contributed by atoms with Gasteiger partial charge in [0.15, 0.2) is 11.6 Å². The van der Waals surface area contributed by atoms with E-state index in [1.807, 2.05) is 0 Å². The third-order valence-electron chi connectivity index (χ3n) is 3.08. The number of alkyl halides is 3. The normalized spacial score (nSPS) is 13.1. The van der Waals surface area contributed by atoms with Gasteiger partial charge in [0.25, 0.3) is 0 Å². The maximum Gasteiger partial charge on any atom is 0.416 e. The Bertz CT molecular complexity index is 842. The van der Waals surface area contributed by atoms with Crippen molar-refractivity contribution >= 4 is 45.8 Å². The molecule has 0 saturated carbocycles. The van der Waals surface area contributed by atoms with Crippen molar-refractivity contribution in [2.45, 2.75) is 13.1 Å². The second-order valence-electron chi connectivity index (χ2n) is 4.77. The summed E-state index contributed by atoms with van der Waals surface area (Å²) < 4.78 is 51.1. The summed E-state index contributed by atoms with van der Waals surface area (Å²) in [5.41, 5.74) is 4.42. The van der Waals surface area contributed by atoms with Crippen molar-refractivity contribution in [2.24, 2.45) is 0 Å². The highest BCUT2D eigenvalue weighted by Crippen LogP contribution is 2.43. The number of anilines is 1. The van der Waals surface area contributed by atoms with Gasteiger partial charge in [0.05, 0.1) is 21.2 Å². The Morgan fingerprint density at radius 2 is 1.75 bits per heavy atom.